The molecule has 0 radical (unpaired) electrons. The van der Waals surface area contributed by atoms with Gasteiger partial charge in [0.25, 0.3) is 0 Å². The second-order valence-electron chi connectivity index (χ2n) is 2.01. The smallest absolute Gasteiger partial charge is 0.212 e. The molecule has 0 amide bonds. The highest BCUT2D eigenvalue weighted by Crippen LogP contribution is 2.28. The van der Waals surface area contributed by atoms with E-state index in [4.69, 9.17) is 11.6 Å². The molecule has 1 aromatic rings. The Balaban J connectivity index is 3.39. The van der Waals surface area contributed by atoms with Crippen LogP contribution >= 0.6 is 42.3 Å². The van der Waals surface area contributed by atoms with E-state index in [1.807, 2.05) is 0 Å². The van der Waals surface area contributed by atoms with Crippen molar-refractivity contribution >= 4 is 50.6 Å². The molecule has 0 saturated heterocycles. The fraction of sp³-hybridized carbons (Fsp3) is 0. The zero-order chi connectivity index (χ0) is 9.35. The minimum absolute atomic E-state index is 0.0763. The Morgan fingerprint density at radius 2 is 1.92 bits per heavy atom. The first kappa shape index (κ1) is 10.5. The van der Waals surface area contributed by atoms with Gasteiger partial charge < -0.3 is 0 Å². The van der Waals surface area contributed by atoms with Gasteiger partial charge in [-0.25, -0.2) is 8.42 Å². The Kier molecular flexibility index (Phi) is 3.20. The van der Waals surface area contributed by atoms with Crippen molar-refractivity contribution in [3.8, 4) is 0 Å². The minimum atomic E-state index is -3.39. The summed E-state index contributed by atoms with van der Waals surface area (Å²) in [6.45, 7) is 0. The Labute approximate surface area is 91.2 Å². The van der Waals surface area contributed by atoms with Crippen LogP contribution in [0.5, 0.6) is 0 Å². The summed E-state index contributed by atoms with van der Waals surface area (Å²) in [4.78, 5) is 0.0763. The molecular formula is C6H3Br2ClO2S. The van der Waals surface area contributed by atoms with Crippen LogP contribution in [0.2, 0.25) is 5.02 Å². The minimum Gasteiger partial charge on any atom is -0.212 e. The van der Waals surface area contributed by atoms with Gasteiger partial charge in [0, 0.05) is 4.47 Å². The number of hydrogen-bond acceptors (Lipinski definition) is 2. The van der Waals surface area contributed by atoms with Crippen LogP contribution in [0.3, 0.4) is 0 Å². The molecule has 0 aliphatic carbocycles. The van der Waals surface area contributed by atoms with E-state index >= 15 is 0 Å². The second kappa shape index (κ2) is 3.65. The van der Waals surface area contributed by atoms with Crippen LogP contribution < -0.4 is 0 Å². The normalized spacial score (nSPS) is 11.6. The molecule has 0 unspecified atom stereocenters. The fourth-order valence-electron chi connectivity index (χ4n) is 0.673. The lowest BCUT2D eigenvalue weighted by atomic mass is 10.4. The maximum absolute atomic E-state index is 11.0. The van der Waals surface area contributed by atoms with Gasteiger partial charge in [0.1, 0.15) is 0 Å². The summed E-state index contributed by atoms with van der Waals surface area (Å²) in [5.41, 5.74) is 0. The summed E-state index contributed by atoms with van der Waals surface area (Å²) in [6.07, 6.45) is 0. The number of hydrogen-bond donors (Lipinski definition) is 0. The monoisotopic (exact) mass is 332 g/mol. The van der Waals surface area contributed by atoms with E-state index in [1.165, 1.54) is 12.1 Å². The van der Waals surface area contributed by atoms with Gasteiger partial charge >= 0.3 is 0 Å². The van der Waals surface area contributed by atoms with Gasteiger partial charge in [-0.05, 0) is 18.2 Å². The molecule has 0 heterocycles. The highest BCUT2D eigenvalue weighted by atomic mass is 79.9. The van der Waals surface area contributed by atoms with E-state index in [2.05, 4.69) is 30.7 Å². The Hall–Kier alpha value is 0.420. The van der Waals surface area contributed by atoms with E-state index in [-0.39, 0.29) is 9.92 Å². The van der Waals surface area contributed by atoms with Crippen molar-refractivity contribution in [3.05, 3.63) is 27.7 Å². The predicted molar refractivity (Wildman–Crippen MR) is 55.3 cm³/mol. The zero-order valence-corrected chi connectivity index (χ0v) is 10.3. The van der Waals surface area contributed by atoms with Gasteiger partial charge in [-0.2, -0.15) is 0 Å². The third kappa shape index (κ3) is 2.45. The van der Waals surface area contributed by atoms with E-state index in [9.17, 15) is 8.42 Å². The number of rotatable bonds is 1. The van der Waals surface area contributed by atoms with Crippen LogP contribution in [0, 0.1) is 0 Å². The first-order chi connectivity index (χ1) is 5.41. The highest BCUT2D eigenvalue weighted by molar-refractivity contribution is 9.47. The molecule has 0 N–H and O–H groups in total. The van der Waals surface area contributed by atoms with Crippen LogP contribution in [0.4, 0.5) is 0 Å². The lowest BCUT2D eigenvalue weighted by Crippen LogP contribution is -1.90. The molecule has 0 aliphatic heterocycles. The predicted octanol–water partition coefficient (Wildman–Crippen LogP) is 3.19. The Morgan fingerprint density at radius 1 is 1.33 bits per heavy atom. The summed E-state index contributed by atoms with van der Waals surface area (Å²) >= 11 is 11.4. The molecule has 0 atom stereocenters. The molecule has 0 saturated carbocycles. The molecule has 66 valence electrons. The molecule has 0 bridgehead atoms. The fourth-order valence-corrected chi connectivity index (χ4v) is 3.30. The summed E-state index contributed by atoms with van der Waals surface area (Å²) in [5.74, 6) is 0. The summed E-state index contributed by atoms with van der Waals surface area (Å²) < 4.78 is 22.7. The maximum atomic E-state index is 11.0. The molecule has 0 aromatic heterocycles. The van der Waals surface area contributed by atoms with Crippen LogP contribution in [0.1, 0.15) is 0 Å². The molecule has 0 aliphatic rings. The van der Waals surface area contributed by atoms with Crippen molar-refractivity contribution in [2.75, 3.05) is 0 Å². The van der Waals surface area contributed by atoms with Crippen molar-refractivity contribution in [3.63, 3.8) is 0 Å². The first-order valence-corrected chi connectivity index (χ1v) is 7.30. The van der Waals surface area contributed by atoms with Gasteiger partial charge in [0.15, 0.2) is 0 Å². The van der Waals surface area contributed by atoms with Crippen molar-refractivity contribution in [2.24, 2.45) is 0 Å². The molecule has 0 fully saturated rings. The summed E-state index contributed by atoms with van der Waals surface area (Å²) in [5, 5.41) is 0.196. The van der Waals surface area contributed by atoms with Crippen LogP contribution in [0.15, 0.2) is 27.6 Å². The average Bonchev–Trinajstić information content (AvgIpc) is 1.83. The van der Waals surface area contributed by atoms with Crippen LogP contribution in [-0.4, -0.2) is 8.42 Å². The Morgan fingerprint density at radius 3 is 2.33 bits per heavy atom. The van der Waals surface area contributed by atoms with Crippen molar-refractivity contribution in [1.82, 2.24) is 0 Å². The molecule has 6 heteroatoms. The van der Waals surface area contributed by atoms with Crippen LogP contribution in [0.25, 0.3) is 0 Å². The third-order valence-electron chi connectivity index (χ3n) is 1.16. The molecule has 12 heavy (non-hydrogen) atoms. The quantitative estimate of drug-likeness (QED) is 0.739. The molecule has 2 nitrogen and oxygen atoms in total. The molecular weight excluding hydrogens is 331 g/mol. The standard InChI is InChI=1S/C6H3Br2ClO2S/c7-4-1-2-6(5(9)3-4)12(8,10)11/h1-3H. The Bertz CT molecular complexity index is 402. The number of benzene rings is 1. The van der Waals surface area contributed by atoms with Crippen molar-refractivity contribution in [2.45, 2.75) is 4.90 Å². The van der Waals surface area contributed by atoms with Crippen LogP contribution in [-0.2, 0) is 8.27 Å². The van der Waals surface area contributed by atoms with E-state index in [0.717, 1.165) is 4.47 Å². The lowest BCUT2D eigenvalue weighted by Gasteiger charge is -1.99. The summed E-state index contributed by atoms with van der Waals surface area (Å²) in [7, 11) is -3.39. The maximum Gasteiger partial charge on any atom is 0.238 e. The van der Waals surface area contributed by atoms with E-state index < -0.39 is 8.27 Å². The van der Waals surface area contributed by atoms with Crippen molar-refractivity contribution in [1.29, 1.82) is 0 Å². The highest BCUT2D eigenvalue weighted by Gasteiger charge is 2.13. The molecule has 1 aromatic carbocycles. The summed E-state index contributed by atoms with van der Waals surface area (Å²) in [6, 6.07) is 4.56. The largest absolute Gasteiger partial charge is 0.238 e. The van der Waals surface area contributed by atoms with Crippen molar-refractivity contribution < 1.29 is 8.42 Å². The van der Waals surface area contributed by atoms with Gasteiger partial charge in [-0.3, -0.25) is 0 Å². The molecule has 0 spiro atoms. The molecule has 1 rings (SSSR count). The van der Waals surface area contributed by atoms with Gasteiger partial charge in [0.05, 0.1) is 24.7 Å². The topological polar surface area (TPSA) is 34.1 Å². The van der Waals surface area contributed by atoms with Gasteiger partial charge in [-0.15, -0.1) is 0 Å². The van der Waals surface area contributed by atoms with Gasteiger partial charge in [0.2, 0.25) is 8.27 Å². The average molecular weight is 334 g/mol. The van der Waals surface area contributed by atoms with E-state index in [0.29, 0.717) is 0 Å². The number of halogens is 3. The third-order valence-corrected chi connectivity index (χ3v) is 4.00. The van der Waals surface area contributed by atoms with Gasteiger partial charge in [-0.1, -0.05) is 27.5 Å². The zero-order valence-electron chi connectivity index (χ0n) is 5.59. The lowest BCUT2D eigenvalue weighted by molar-refractivity contribution is 0.611. The second-order valence-corrected chi connectivity index (χ2v) is 7.21. The van der Waals surface area contributed by atoms with E-state index in [1.54, 1.807) is 6.07 Å². The SMILES string of the molecule is O=S(=O)(Br)c1ccc(Br)cc1Cl. The first-order valence-electron chi connectivity index (χ1n) is 2.81.